The highest BCUT2D eigenvalue weighted by Crippen LogP contribution is 2.69. The summed E-state index contributed by atoms with van der Waals surface area (Å²) in [5, 5.41) is 13.2. The van der Waals surface area contributed by atoms with Gasteiger partial charge >= 0.3 is 0 Å². The van der Waals surface area contributed by atoms with Crippen LogP contribution in [-0.4, -0.2) is 35.9 Å². The van der Waals surface area contributed by atoms with E-state index in [1.807, 2.05) is 6.07 Å². The maximum atomic E-state index is 14.5. The van der Waals surface area contributed by atoms with Crippen LogP contribution in [0.25, 0.3) is 22.8 Å². The number of benzene rings is 1. The summed E-state index contributed by atoms with van der Waals surface area (Å²) in [7, 11) is 0. The molecule has 1 fully saturated rings. The first-order valence-corrected chi connectivity index (χ1v) is 11.7. The van der Waals surface area contributed by atoms with E-state index >= 15 is 0 Å². The zero-order valence-corrected chi connectivity index (χ0v) is 19.7. The molecule has 2 aliphatic rings. The van der Waals surface area contributed by atoms with Gasteiger partial charge in [0, 0.05) is 12.4 Å². The fourth-order valence-electron chi connectivity index (χ4n) is 6.21. The molecule has 2 atom stereocenters. The Morgan fingerprint density at radius 2 is 1.92 bits per heavy atom. The average Bonchev–Trinajstić information content (AvgIpc) is 3.46. The second-order valence-electron chi connectivity index (χ2n) is 9.98. The number of carbonyl (C=O) groups excluding carboxylic acids is 1. The van der Waals surface area contributed by atoms with Crippen LogP contribution in [0.3, 0.4) is 0 Å². The number of aromatic nitrogens is 6. The molecule has 2 aliphatic carbocycles. The van der Waals surface area contributed by atoms with Gasteiger partial charge in [0.05, 0.1) is 28.1 Å². The third kappa shape index (κ3) is 3.03. The summed E-state index contributed by atoms with van der Waals surface area (Å²) in [4.78, 5) is 20.6. The Balaban J connectivity index is 1.46. The van der Waals surface area contributed by atoms with Crippen LogP contribution in [0, 0.1) is 17.0 Å². The van der Waals surface area contributed by atoms with Gasteiger partial charge in [-0.2, -0.15) is 10.2 Å². The zero-order valence-electron chi connectivity index (χ0n) is 19.7. The number of fused-ring (bicyclic) bond motifs is 5. The predicted molar refractivity (Wildman–Crippen MR) is 126 cm³/mol. The van der Waals surface area contributed by atoms with Crippen molar-refractivity contribution in [1.29, 1.82) is 0 Å². The lowest BCUT2D eigenvalue weighted by molar-refractivity contribution is -0.118. The number of hydrogen-bond donors (Lipinski definition) is 1. The van der Waals surface area contributed by atoms with Crippen LogP contribution in [-0.2, 0) is 16.8 Å². The van der Waals surface area contributed by atoms with Crippen LogP contribution in [0.4, 0.5) is 8.78 Å². The Hall–Kier alpha value is -4.08. The molecule has 182 valence electrons. The van der Waals surface area contributed by atoms with Crippen LogP contribution in [0.1, 0.15) is 49.6 Å². The molecule has 0 unspecified atom stereocenters. The predicted octanol–water partition coefficient (Wildman–Crippen LogP) is 3.76. The fraction of sp³-hybridized carbons (Fsp3) is 0.308. The van der Waals surface area contributed by atoms with Crippen molar-refractivity contribution in [2.75, 3.05) is 0 Å². The van der Waals surface area contributed by atoms with Gasteiger partial charge in [-0.1, -0.05) is 19.9 Å². The van der Waals surface area contributed by atoms with Gasteiger partial charge < -0.3 is 5.73 Å². The molecule has 1 aromatic carbocycles. The Kier molecular flexibility index (Phi) is 4.79. The number of nitrogens with zero attached hydrogens (tertiary/aromatic N) is 6. The Bertz CT molecular complexity index is 1510. The van der Waals surface area contributed by atoms with Gasteiger partial charge in [0.25, 0.3) is 0 Å². The molecule has 2 bridgehead atoms. The van der Waals surface area contributed by atoms with Crippen molar-refractivity contribution in [2.45, 2.75) is 44.6 Å². The number of amides is 1. The van der Waals surface area contributed by atoms with Gasteiger partial charge in [0.2, 0.25) is 5.91 Å². The van der Waals surface area contributed by atoms with Crippen LogP contribution in [0.2, 0.25) is 0 Å². The van der Waals surface area contributed by atoms with E-state index < -0.39 is 23.0 Å². The van der Waals surface area contributed by atoms with E-state index in [2.05, 4.69) is 34.1 Å². The van der Waals surface area contributed by atoms with Crippen molar-refractivity contribution in [3.8, 4) is 22.8 Å². The minimum absolute atomic E-state index is 0.0355. The SMILES string of the molecule is CC1(C)[C@H]2CC[C@@]1(c1ccnc(-c3ccn(CC(N)=O)n3)n1)c1nnc(-c3c(F)cccc3F)cc12. The molecule has 0 spiro atoms. The minimum atomic E-state index is -0.669. The van der Waals surface area contributed by atoms with Crippen LogP contribution in [0.15, 0.2) is 48.8 Å². The van der Waals surface area contributed by atoms with Crippen LogP contribution >= 0.6 is 0 Å². The van der Waals surface area contributed by atoms with Gasteiger partial charge in [0.15, 0.2) is 5.82 Å². The Labute approximate surface area is 205 Å². The lowest BCUT2D eigenvalue weighted by Gasteiger charge is -2.37. The van der Waals surface area contributed by atoms with Gasteiger partial charge in [-0.05, 0) is 60.1 Å². The van der Waals surface area contributed by atoms with E-state index in [4.69, 9.17) is 10.7 Å². The summed E-state index contributed by atoms with van der Waals surface area (Å²) in [6.45, 7) is 4.32. The van der Waals surface area contributed by atoms with Crippen molar-refractivity contribution in [3.63, 3.8) is 0 Å². The largest absolute Gasteiger partial charge is 0.368 e. The lowest BCUT2D eigenvalue weighted by Crippen LogP contribution is -2.38. The van der Waals surface area contributed by atoms with Crippen molar-refractivity contribution in [3.05, 3.63) is 77.4 Å². The summed E-state index contributed by atoms with van der Waals surface area (Å²) >= 11 is 0. The Morgan fingerprint density at radius 3 is 2.67 bits per heavy atom. The number of nitrogens with two attached hydrogens (primary N) is 1. The van der Waals surface area contributed by atoms with E-state index in [9.17, 15) is 13.6 Å². The summed E-state index contributed by atoms with van der Waals surface area (Å²) in [5.41, 5.74) is 7.53. The molecule has 6 rings (SSSR count). The van der Waals surface area contributed by atoms with Crippen molar-refractivity contribution >= 4 is 5.91 Å². The summed E-state index contributed by atoms with van der Waals surface area (Å²) in [6, 6.07) is 9.18. The summed E-state index contributed by atoms with van der Waals surface area (Å²) in [5.74, 6) is -1.27. The van der Waals surface area contributed by atoms with Crippen molar-refractivity contribution in [1.82, 2.24) is 29.9 Å². The molecule has 0 saturated heterocycles. The molecule has 10 heteroatoms. The van der Waals surface area contributed by atoms with Crippen LogP contribution < -0.4 is 5.73 Å². The normalized spacial score (nSPS) is 21.5. The van der Waals surface area contributed by atoms with Gasteiger partial charge in [-0.3, -0.25) is 9.48 Å². The standard InChI is InChI=1S/C26H23F2N7O/c1-25(2)15-6-9-26(25,20-7-10-30-24(31-20)18-8-11-35(34-18)13-21(29)36)23-14(15)12-19(32-33-23)22-16(27)4-3-5-17(22)28/h3-5,7-8,10-12,15H,6,9,13H2,1-2H3,(H2,29,36)/t15-,26+/m0/s1. The quantitative estimate of drug-likeness (QED) is 0.459. The van der Waals surface area contributed by atoms with Crippen molar-refractivity contribution in [2.24, 2.45) is 11.1 Å². The van der Waals surface area contributed by atoms with E-state index in [1.54, 1.807) is 24.5 Å². The molecule has 1 amide bonds. The van der Waals surface area contributed by atoms with E-state index in [-0.39, 0.29) is 29.1 Å². The number of carbonyl (C=O) groups is 1. The second kappa shape index (κ2) is 7.71. The van der Waals surface area contributed by atoms with E-state index in [0.29, 0.717) is 11.5 Å². The lowest BCUT2D eigenvalue weighted by atomic mass is 9.66. The molecule has 0 radical (unpaired) electrons. The molecule has 0 aliphatic heterocycles. The second-order valence-corrected chi connectivity index (χ2v) is 9.98. The first-order chi connectivity index (χ1) is 17.2. The molecular formula is C26H23F2N7O. The van der Waals surface area contributed by atoms with Crippen molar-refractivity contribution < 1.29 is 13.6 Å². The van der Waals surface area contributed by atoms with Gasteiger partial charge in [-0.25, -0.2) is 18.7 Å². The molecule has 1 saturated carbocycles. The topological polar surface area (TPSA) is 112 Å². The number of hydrogen-bond acceptors (Lipinski definition) is 6. The molecule has 2 N–H and O–H groups in total. The smallest absolute Gasteiger partial charge is 0.239 e. The number of halogens is 2. The highest BCUT2D eigenvalue weighted by atomic mass is 19.1. The summed E-state index contributed by atoms with van der Waals surface area (Å²) in [6.07, 6.45) is 5.05. The highest BCUT2D eigenvalue weighted by Gasteiger charge is 2.65. The number of rotatable bonds is 5. The van der Waals surface area contributed by atoms with Gasteiger partial charge in [0.1, 0.15) is 23.9 Å². The van der Waals surface area contributed by atoms with Crippen LogP contribution in [0.5, 0.6) is 0 Å². The minimum Gasteiger partial charge on any atom is -0.368 e. The fourth-order valence-corrected chi connectivity index (χ4v) is 6.21. The molecule has 4 aromatic rings. The van der Waals surface area contributed by atoms with E-state index in [1.165, 1.54) is 22.9 Å². The van der Waals surface area contributed by atoms with E-state index in [0.717, 1.165) is 29.8 Å². The Morgan fingerprint density at radius 1 is 1.14 bits per heavy atom. The first kappa shape index (κ1) is 22.4. The monoisotopic (exact) mass is 487 g/mol. The molecular weight excluding hydrogens is 464 g/mol. The number of primary amides is 1. The maximum Gasteiger partial charge on any atom is 0.239 e. The molecule has 3 aromatic heterocycles. The summed E-state index contributed by atoms with van der Waals surface area (Å²) < 4.78 is 30.4. The molecule has 36 heavy (non-hydrogen) atoms. The first-order valence-electron chi connectivity index (χ1n) is 11.7. The molecule has 8 nitrogen and oxygen atoms in total. The molecule has 3 heterocycles. The zero-order chi connectivity index (χ0) is 25.2. The maximum absolute atomic E-state index is 14.5. The van der Waals surface area contributed by atoms with Gasteiger partial charge in [-0.15, -0.1) is 5.10 Å². The highest BCUT2D eigenvalue weighted by molar-refractivity contribution is 5.73. The third-order valence-electron chi connectivity index (χ3n) is 7.88. The third-order valence-corrected chi connectivity index (χ3v) is 7.88. The average molecular weight is 488 g/mol.